The summed E-state index contributed by atoms with van der Waals surface area (Å²) in [5.41, 5.74) is 2.66. The molecule has 0 bridgehead atoms. The zero-order valence-electron chi connectivity index (χ0n) is 10.4. The van der Waals surface area contributed by atoms with Gasteiger partial charge in [0, 0.05) is 11.4 Å². The molecule has 82 valence electrons. The van der Waals surface area contributed by atoms with Crippen molar-refractivity contribution in [2.24, 2.45) is 0 Å². The first kappa shape index (κ1) is 12.0. The molecule has 0 spiro atoms. The van der Waals surface area contributed by atoms with Crippen LogP contribution in [-0.2, 0) is 0 Å². The highest BCUT2D eigenvalue weighted by Gasteiger charge is 2.24. The summed E-state index contributed by atoms with van der Waals surface area (Å²) in [5, 5.41) is 0. The number of hydrogen-bond acceptors (Lipinski definition) is 1. The Morgan fingerprint density at radius 2 is 1.67 bits per heavy atom. The van der Waals surface area contributed by atoms with Crippen molar-refractivity contribution in [3.63, 3.8) is 0 Å². The first-order valence-corrected chi connectivity index (χ1v) is 8.89. The maximum absolute atomic E-state index is 2.49. The number of benzene rings is 1. The summed E-state index contributed by atoms with van der Waals surface area (Å²) in [7, 11) is -1.35. The van der Waals surface area contributed by atoms with Crippen LogP contribution in [0.1, 0.15) is 13.8 Å². The summed E-state index contributed by atoms with van der Waals surface area (Å²) in [5.74, 6) is 0. The summed E-state index contributed by atoms with van der Waals surface area (Å²) < 4.78 is 2.49. The molecule has 0 aliphatic rings. The summed E-state index contributed by atoms with van der Waals surface area (Å²) in [6.45, 7) is 11.4. The molecule has 0 N–H and O–H groups in total. The number of anilines is 1. The quantitative estimate of drug-likeness (QED) is 0.687. The molecule has 1 aromatic carbocycles. The molecular formula is C13H21NSi. The molecule has 1 nitrogen and oxygen atoms in total. The van der Waals surface area contributed by atoms with Crippen LogP contribution in [0.4, 0.5) is 5.69 Å². The van der Waals surface area contributed by atoms with Gasteiger partial charge in [0.25, 0.3) is 0 Å². The van der Waals surface area contributed by atoms with E-state index in [1.165, 1.54) is 11.4 Å². The maximum atomic E-state index is 2.49. The lowest BCUT2D eigenvalue weighted by atomic mass is 10.3. The zero-order valence-corrected chi connectivity index (χ0v) is 11.4. The van der Waals surface area contributed by atoms with E-state index in [4.69, 9.17) is 0 Å². The fourth-order valence-corrected chi connectivity index (χ4v) is 3.94. The van der Waals surface area contributed by atoms with Crippen LogP contribution in [-0.4, -0.2) is 8.24 Å². The number of para-hydroxylation sites is 1. The second-order valence-electron chi connectivity index (χ2n) is 4.77. The molecule has 0 heterocycles. The van der Waals surface area contributed by atoms with Gasteiger partial charge in [0.05, 0.1) is 0 Å². The molecule has 2 heteroatoms. The molecule has 0 aromatic heterocycles. The molecule has 0 aliphatic carbocycles. The van der Waals surface area contributed by atoms with Crippen LogP contribution in [0.15, 0.2) is 42.1 Å². The third kappa shape index (κ3) is 2.96. The Balaban J connectivity index is 3.14. The highest BCUT2D eigenvalue weighted by molar-refractivity contribution is 6.80. The van der Waals surface area contributed by atoms with E-state index in [9.17, 15) is 0 Å². The Morgan fingerprint density at radius 1 is 1.13 bits per heavy atom. The van der Waals surface area contributed by atoms with Gasteiger partial charge in [0.15, 0.2) is 8.24 Å². The van der Waals surface area contributed by atoms with Crippen molar-refractivity contribution in [1.29, 1.82) is 0 Å². The predicted octanol–water partition coefficient (Wildman–Crippen LogP) is 4.25. The lowest BCUT2D eigenvalue weighted by molar-refractivity contribution is 1.18. The van der Waals surface area contributed by atoms with Gasteiger partial charge < -0.3 is 4.57 Å². The SMILES string of the molecule is C/C=C(\C)N(c1ccccc1)[Si](C)(C)C. The molecule has 15 heavy (non-hydrogen) atoms. The first-order chi connectivity index (χ1) is 6.96. The van der Waals surface area contributed by atoms with Crippen LogP contribution < -0.4 is 4.57 Å². The fourth-order valence-electron chi connectivity index (χ4n) is 1.83. The monoisotopic (exact) mass is 219 g/mol. The molecule has 1 aromatic rings. The van der Waals surface area contributed by atoms with E-state index >= 15 is 0 Å². The smallest absolute Gasteiger partial charge is 0.153 e. The summed E-state index contributed by atoms with van der Waals surface area (Å²) >= 11 is 0. The average molecular weight is 219 g/mol. The molecule has 0 fully saturated rings. The Labute approximate surface area is 94.5 Å². The van der Waals surface area contributed by atoms with Gasteiger partial charge in [-0.05, 0) is 26.0 Å². The molecule has 0 aliphatic heterocycles. The Kier molecular flexibility index (Phi) is 3.75. The standard InChI is InChI=1S/C13H21NSi/c1-6-12(2)14(15(3,4)5)13-10-8-7-9-11-13/h6-11H,1-5H3/b12-6+. The minimum Gasteiger partial charge on any atom is -0.373 e. The van der Waals surface area contributed by atoms with Crippen LogP contribution >= 0.6 is 0 Å². The van der Waals surface area contributed by atoms with Crippen LogP contribution in [0.2, 0.25) is 19.6 Å². The summed E-state index contributed by atoms with van der Waals surface area (Å²) in [4.78, 5) is 0. The largest absolute Gasteiger partial charge is 0.373 e. The Bertz CT molecular complexity index is 335. The zero-order chi connectivity index (χ0) is 11.5. The number of hydrogen-bond donors (Lipinski definition) is 0. The first-order valence-electron chi connectivity index (χ1n) is 5.45. The van der Waals surface area contributed by atoms with Crippen LogP contribution in [0.5, 0.6) is 0 Å². The molecule has 0 saturated heterocycles. The van der Waals surface area contributed by atoms with Crippen molar-refractivity contribution >= 4 is 13.9 Å². The number of allylic oxidation sites excluding steroid dienone is 2. The molecule has 1 rings (SSSR count). The molecule has 0 saturated carbocycles. The van der Waals surface area contributed by atoms with Crippen molar-refractivity contribution < 1.29 is 0 Å². The maximum Gasteiger partial charge on any atom is 0.153 e. The van der Waals surface area contributed by atoms with E-state index < -0.39 is 8.24 Å². The molecular weight excluding hydrogens is 198 g/mol. The van der Waals surface area contributed by atoms with E-state index in [0.29, 0.717) is 0 Å². The van der Waals surface area contributed by atoms with Crippen molar-refractivity contribution in [2.75, 3.05) is 4.57 Å². The van der Waals surface area contributed by atoms with Crippen molar-refractivity contribution in [3.05, 3.63) is 42.1 Å². The molecule has 0 amide bonds. The number of nitrogens with zero attached hydrogens (tertiary/aromatic N) is 1. The van der Waals surface area contributed by atoms with Crippen LogP contribution in [0, 0.1) is 0 Å². The second-order valence-corrected chi connectivity index (χ2v) is 9.56. The summed E-state index contributed by atoms with van der Waals surface area (Å²) in [6.07, 6.45) is 2.19. The van der Waals surface area contributed by atoms with E-state index in [2.05, 4.69) is 74.5 Å². The highest BCUT2D eigenvalue weighted by atomic mass is 28.3. The van der Waals surface area contributed by atoms with Gasteiger partial charge in [-0.25, -0.2) is 0 Å². The number of rotatable bonds is 3. The van der Waals surface area contributed by atoms with Crippen LogP contribution in [0.25, 0.3) is 0 Å². The van der Waals surface area contributed by atoms with Gasteiger partial charge in [-0.2, -0.15) is 0 Å². The van der Waals surface area contributed by atoms with E-state index in [0.717, 1.165) is 0 Å². The van der Waals surface area contributed by atoms with Crippen molar-refractivity contribution in [2.45, 2.75) is 33.5 Å². The van der Waals surface area contributed by atoms with E-state index in [-0.39, 0.29) is 0 Å². The molecule has 0 unspecified atom stereocenters. The van der Waals surface area contributed by atoms with Crippen molar-refractivity contribution in [3.8, 4) is 0 Å². The van der Waals surface area contributed by atoms with E-state index in [1.807, 2.05) is 0 Å². The highest BCUT2D eigenvalue weighted by Crippen LogP contribution is 2.25. The van der Waals surface area contributed by atoms with Gasteiger partial charge in [-0.3, -0.25) is 0 Å². The van der Waals surface area contributed by atoms with Gasteiger partial charge in [0.2, 0.25) is 0 Å². The summed E-state index contributed by atoms with van der Waals surface area (Å²) in [6, 6.07) is 10.6. The van der Waals surface area contributed by atoms with Crippen LogP contribution in [0.3, 0.4) is 0 Å². The lowest BCUT2D eigenvalue weighted by Crippen LogP contribution is -2.44. The van der Waals surface area contributed by atoms with Crippen molar-refractivity contribution in [1.82, 2.24) is 0 Å². The fraction of sp³-hybridized carbons (Fsp3) is 0.385. The third-order valence-electron chi connectivity index (χ3n) is 2.46. The third-order valence-corrected chi connectivity index (χ3v) is 4.41. The lowest BCUT2D eigenvalue weighted by Gasteiger charge is -2.37. The Morgan fingerprint density at radius 3 is 2.07 bits per heavy atom. The van der Waals surface area contributed by atoms with Gasteiger partial charge in [-0.15, -0.1) is 0 Å². The normalized spacial score (nSPS) is 12.7. The van der Waals surface area contributed by atoms with Gasteiger partial charge in [-0.1, -0.05) is 43.9 Å². The Hall–Kier alpha value is -1.02. The van der Waals surface area contributed by atoms with Gasteiger partial charge in [0.1, 0.15) is 0 Å². The minimum absolute atomic E-state index is 1.31. The minimum atomic E-state index is -1.35. The average Bonchev–Trinajstić information content (AvgIpc) is 2.17. The molecule has 0 radical (unpaired) electrons. The van der Waals surface area contributed by atoms with Gasteiger partial charge >= 0.3 is 0 Å². The molecule has 0 atom stereocenters. The predicted molar refractivity (Wildman–Crippen MR) is 71.7 cm³/mol. The second kappa shape index (κ2) is 4.66. The topological polar surface area (TPSA) is 3.24 Å². The van der Waals surface area contributed by atoms with E-state index in [1.54, 1.807) is 0 Å².